The van der Waals surface area contributed by atoms with E-state index < -0.39 is 10.0 Å². The Balaban J connectivity index is 2.33. The molecule has 20 heavy (non-hydrogen) atoms. The van der Waals surface area contributed by atoms with Crippen LogP contribution in [-0.2, 0) is 16.6 Å². The molecule has 108 valence electrons. The van der Waals surface area contributed by atoms with Gasteiger partial charge in [0.25, 0.3) is 0 Å². The van der Waals surface area contributed by atoms with Gasteiger partial charge >= 0.3 is 0 Å². The number of hydrogen-bond acceptors (Lipinski definition) is 4. The van der Waals surface area contributed by atoms with E-state index in [0.29, 0.717) is 18.8 Å². The van der Waals surface area contributed by atoms with Gasteiger partial charge in [0.1, 0.15) is 0 Å². The molecule has 4 nitrogen and oxygen atoms in total. The number of thiophene rings is 1. The van der Waals surface area contributed by atoms with Crippen molar-refractivity contribution in [3.8, 4) is 0 Å². The summed E-state index contributed by atoms with van der Waals surface area (Å²) in [4.78, 5) is 1.27. The first-order valence-corrected chi connectivity index (χ1v) is 8.65. The van der Waals surface area contributed by atoms with Crippen molar-refractivity contribution in [3.63, 3.8) is 0 Å². The van der Waals surface area contributed by atoms with Crippen molar-refractivity contribution in [1.29, 1.82) is 0 Å². The van der Waals surface area contributed by atoms with Crippen LogP contribution in [0.4, 0.5) is 5.69 Å². The third kappa shape index (κ3) is 3.03. The summed E-state index contributed by atoms with van der Waals surface area (Å²) in [6, 6.07) is 8.73. The number of sulfonamides is 1. The van der Waals surface area contributed by atoms with Gasteiger partial charge in [-0.1, -0.05) is 19.1 Å². The predicted molar refractivity (Wildman–Crippen MR) is 83.2 cm³/mol. The van der Waals surface area contributed by atoms with Gasteiger partial charge in [-0.2, -0.15) is 4.31 Å². The van der Waals surface area contributed by atoms with E-state index in [1.807, 2.05) is 31.4 Å². The molecule has 0 saturated heterocycles. The standard InChI is InChI=1S/C14H18N2O2S2/c1-3-16(10-12-5-4-8-19-12)20(17,18)13-7-6-11(2)14(15)9-13/h4-9H,3,10,15H2,1-2H3. The third-order valence-corrected chi connectivity index (χ3v) is 5.93. The Bertz CT molecular complexity index is 679. The summed E-state index contributed by atoms with van der Waals surface area (Å²) in [6.45, 7) is 4.51. The summed E-state index contributed by atoms with van der Waals surface area (Å²) in [5.74, 6) is 0. The molecular weight excluding hydrogens is 292 g/mol. The summed E-state index contributed by atoms with van der Waals surface area (Å²) in [7, 11) is -3.51. The van der Waals surface area contributed by atoms with E-state index in [1.54, 1.807) is 23.5 Å². The largest absolute Gasteiger partial charge is 0.398 e. The van der Waals surface area contributed by atoms with Crippen LogP contribution in [0.3, 0.4) is 0 Å². The lowest BCUT2D eigenvalue weighted by atomic mass is 10.2. The minimum Gasteiger partial charge on any atom is -0.398 e. The first kappa shape index (κ1) is 15.0. The molecular formula is C14H18N2O2S2. The molecule has 0 saturated carbocycles. The molecule has 6 heteroatoms. The van der Waals surface area contributed by atoms with E-state index in [1.165, 1.54) is 10.4 Å². The molecule has 0 bridgehead atoms. The molecule has 0 atom stereocenters. The minimum atomic E-state index is -3.51. The topological polar surface area (TPSA) is 63.4 Å². The zero-order valence-electron chi connectivity index (χ0n) is 11.5. The molecule has 2 rings (SSSR count). The fourth-order valence-electron chi connectivity index (χ4n) is 1.87. The van der Waals surface area contributed by atoms with Crippen molar-refractivity contribution in [2.75, 3.05) is 12.3 Å². The van der Waals surface area contributed by atoms with Gasteiger partial charge < -0.3 is 5.73 Å². The molecule has 2 aromatic rings. The summed E-state index contributed by atoms with van der Waals surface area (Å²) >= 11 is 1.55. The number of rotatable bonds is 5. The van der Waals surface area contributed by atoms with Crippen LogP contribution in [0.15, 0.2) is 40.6 Å². The highest BCUT2D eigenvalue weighted by Crippen LogP contribution is 2.23. The number of hydrogen-bond donors (Lipinski definition) is 1. The first-order valence-electron chi connectivity index (χ1n) is 6.34. The van der Waals surface area contributed by atoms with Gasteiger partial charge in [0.05, 0.1) is 4.90 Å². The fraction of sp³-hybridized carbons (Fsp3) is 0.286. The van der Waals surface area contributed by atoms with Crippen LogP contribution in [-0.4, -0.2) is 19.3 Å². The van der Waals surface area contributed by atoms with Gasteiger partial charge in [0.2, 0.25) is 10.0 Å². The number of anilines is 1. The lowest BCUT2D eigenvalue weighted by Crippen LogP contribution is -2.30. The van der Waals surface area contributed by atoms with Crippen LogP contribution in [0.1, 0.15) is 17.4 Å². The number of aryl methyl sites for hydroxylation is 1. The van der Waals surface area contributed by atoms with Crippen molar-refractivity contribution in [2.24, 2.45) is 0 Å². The van der Waals surface area contributed by atoms with E-state index in [0.717, 1.165) is 10.4 Å². The Morgan fingerprint density at radius 3 is 2.60 bits per heavy atom. The maximum atomic E-state index is 12.6. The SMILES string of the molecule is CCN(Cc1cccs1)S(=O)(=O)c1ccc(C)c(N)c1. The Morgan fingerprint density at radius 2 is 2.05 bits per heavy atom. The van der Waals surface area contributed by atoms with Crippen molar-refractivity contribution in [1.82, 2.24) is 4.31 Å². The van der Waals surface area contributed by atoms with Crippen molar-refractivity contribution in [3.05, 3.63) is 46.2 Å². The van der Waals surface area contributed by atoms with Gasteiger partial charge in [-0.15, -0.1) is 11.3 Å². The molecule has 2 N–H and O–H groups in total. The summed E-state index contributed by atoms with van der Waals surface area (Å²) in [5, 5.41) is 1.94. The Morgan fingerprint density at radius 1 is 1.30 bits per heavy atom. The molecule has 0 unspecified atom stereocenters. The summed E-state index contributed by atoms with van der Waals surface area (Å²) in [5.41, 5.74) is 7.19. The van der Waals surface area contributed by atoms with Crippen molar-refractivity contribution < 1.29 is 8.42 Å². The van der Waals surface area contributed by atoms with E-state index >= 15 is 0 Å². The molecule has 1 aromatic carbocycles. The molecule has 0 amide bonds. The molecule has 0 aliphatic rings. The second kappa shape index (κ2) is 5.95. The zero-order valence-corrected chi connectivity index (χ0v) is 13.2. The average Bonchev–Trinajstić information content (AvgIpc) is 2.91. The van der Waals surface area contributed by atoms with Crippen molar-refractivity contribution in [2.45, 2.75) is 25.3 Å². The quantitative estimate of drug-likeness (QED) is 0.864. The van der Waals surface area contributed by atoms with Crippen molar-refractivity contribution >= 4 is 27.0 Å². The Kier molecular flexibility index (Phi) is 4.47. The Labute approximate surface area is 123 Å². The highest BCUT2D eigenvalue weighted by atomic mass is 32.2. The van der Waals surface area contributed by atoms with E-state index in [9.17, 15) is 8.42 Å². The Hall–Kier alpha value is -1.37. The van der Waals surface area contributed by atoms with Crippen LogP contribution in [0.5, 0.6) is 0 Å². The zero-order chi connectivity index (χ0) is 14.8. The molecule has 0 radical (unpaired) electrons. The van der Waals surface area contributed by atoms with Crippen LogP contribution < -0.4 is 5.73 Å². The lowest BCUT2D eigenvalue weighted by Gasteiger charge is -2.20. The molecule has 0 aliphatic carbocycles. The summed E-state index contributed by atoms with van der Waals surface area (Å²) < 4.78 is 26.7. The maximum Gasteiger partial charge on any atom is 0.243 e. The fourth-order valence-corrected chi connectivity index (χ4v) is 4.14. The summed E-state index contributed by atoms with van der Waals surface area (Å²) in [6.07, 6.45) is 0. The first-order chi connectivity index (χ1) is 9.45. The maximum absolute atomic E-state index is 12.6. The van der Waals surface area contributed by atoms with Gasteiger partial charge in [-0.25, -0.2) is 8.42 Å². The highest BCUT2D eigenvalue weighted by Gasteiger charge is 2.23. The third-order valence-electron chi connectivity index (χ3n) is 3.15. The number of nitrogens with zero attached hydrogens (tertiary/aromatic N) is 1. The van der Waals surface area contributed by atoms with Gasteiger partial charge in [0.15, 0.2) is 0 Å². The van der Waals surface area contributed by atoms with Gasteiger partial charge in [0, 0.05) is 23.7 Å². The highest BCUT2D eigenvalue weighted by molar-refractivity contribution is 7.89. The average molecular weight is 310 g/mol. The predicted octanol–water partition coefficient (Wildman–Crippen LogP) is 2.85. The molecule has 0 spiro atoms. The van der Waals surface area contributed by atoms with Crippen LogP contribution in [0.2, 0.25) is 0 Å². The van der Waals surface area contributed by atoms with E-state index in [-0.39, 0.29) is 4.90 Å². The molecule has 0 fully saturated rings. The van der Waals surface area contributed by atoms with E-state index in [2.05, 4.69) is 0 Å². The van der Waals surface area contributed by atoms with Crippen LogP contribution >= 0.6 is 11.3 Å². The smallest absolute Gasteiger partial charge is 0.243 e. The molecule has 1 heterocycles. The number of nitrogen functional groups attached to an aromatic ring is 1. The van der Waals surface area contributed by atoms with Crippen LogP contribution in [0.25, 0.3) is 0 Å². The van der Waals surface area contributed by atoms with Gasteiger partial charge in [-0.05, 0) is 36.1 Å². The lowest BCUT2D eigenvalue weighted by molar-refractivity contribution is 0.426. The second-order valence-electron chi connectivity index (χ2n) is 4.53. The minimum absolute atomic E-state index is 0.249. The number of benzene rings is 1. The number of nitrogens with two attached hydrogens (primary N) is 1. The van der Waals surface area contributed by atoms with E-state index in [4.69, 9.17) is 5.73 Å². The van der Waals surface area contributed by atoms with Crippen LogP contribution in [0, 0.1) is 6.92 Å². The second-order valence-corrected chi connectivity index (χ2v) is 7.50. The van der Waals surface area contributed by atoms with Gasteiger partial charge in [-0.3, -0.25) is 0 Å². The normalized spacial score (nSPS) is 11.9. The monoisotopic (exact) mass is 310 g/mol. The molecule has 0 aliphatic heterocycles. The molecule has 1 aromatic heterocycles.